The Morgan fingerprint density at radius 3 is 2.77 bits per heavy atom. The summed E-state index contributed by atoms with van der Waals surface area (Å²) < 4.78 is 7.04. The monoisotopic (exact) mass is 416 g/mol. The summed E-state index contributed by atoms with van der Waals surface area (Å²) in [7, 11) is 3.23. The van der Waals surface area contributed by atoms with Gasteiger partial charge in [0.1, 0.15) is 11.4 Å². The number of hydrogen-bond acceptors (Lipinski definition) is 7. The quantitative estimate of drug-likeness (QED) is 0.695. The van der Waals surface area contributed by atoms with Crippen molar-refractivity contribution in [2.45, 2.75) is 45.9 Å². The van der Waals surface area contributed by atoms with Crippen molar-refractivity contribution >= 4 is 17.8 Å². The number of fused-ring (bicyclic) bond motifs is 1. The van der Waals surface area contributed by atoms with Gasteiger partial charge in [-0.2, -0.15) is 10.2 Å². The molecule has 0 aromatic carbocycles. The number of pyridine rings is 1. The van der Waals surface area contributed by atoms with Crippen LogP contribution >= 0.6 is 0 Å². The normalized spacial score (nSPS) is 14.1. The van der Waals surface area contributed by atoms with E-state index in [2.05, 4.69) is 20.7 Å². The van der Waals surface area contributed by atoms with E-state index in [9.17, 15) is 9.59 Å². The highest BCUT2D eigenvalue weighted by atomic mass is 16.7. The van der Waals surface area contributed by atoms with Gasteiger partial charge in [-0.3, -0.25) is 14.3 Å². The number of carbonyl (C=O) groups excluding carboxylic acids is 2. The maximum atomic E-state index is 12.4. The van der Waals surface area contributed by atoms with Gasteiger partial charge in [-0.25, -0.2) is 9.78 Å². The molecule has 10 heteroatoms. The third kappa shape index (κ3) is 4.70. The van der Waals surface area contributed by atoms with Crippen LogP contribution in [0.15, 0.2) is 18.5 Å². The highest BCUT2D eigenvalue weighted by Crippen LogP contribution is 2.29. The van der Waals surface area contributed by atoms with E-state index in [-0.39, 0.29) is 11.9 Å². The maximum Gasteiger partial charge on any atom is 0.434 e. The Morgan fingerprint density at radius 2 is 2.17 bits per heavy atom. The minimum atomic E-state index is -0.624. The number of hydroxylamine groups is 2. The molecule has 1 atom stereocenters. The summed E-state index contributed by atoms with van der Waals surface area (Å²) in [5.74, 6) is 0.447. The summed E-state index contributed by atoms with van der Waals surface area (Å²) in [5, 5.41) is 11.4. The van der Waals surface area contributed by atoms with E-state index >= 15 is 0 Å². The Labute approximate surface area is 175 Å². The Balaban J connectivity index is 1.79. The Bertz CT molecular complexity index is 949. The molecule has 0 radical (unpaired) electrons. The summed E-state index contributed by atoms with van der Waals surface area (Å²) in [6.07, 6.45) is 2.93. The highest BCUT2D eigenvalue weighted by molar-refractivity contribution is 6.04. The number of hydrogen-bond donors (Lipinski definition) is 2. The van der Waals surface area contributed by atoms with Crippen LogP contribution in [-0.4, -0.2) is 57.1 Å². The first-order valence-electron chi connectivity index (χ1n) is 9.70. The van der Waals surface area contributed by atoms with Crippen molar-refractivity contribution in [1.29, 1.82) is 0 Å². The number of aryl methyl sites for hydroxylation is 1. The molecule has 2 amide bonds. The molecule has 1 aliphatic heterocycles. The van der Waals surface area contributed by atoms with Crippen LogP contribution < -0.4 is 10.6 Å². The summed E-state index contributed by atoms with van der Waals surface area (Å²) in [6.45, 7) is 8.03. The molecule has 0 saturated heterocycles. The van der Waals surface area contributed by atoms with Gasteiger partial charge in [0.2, 0.25) is 0 Å². The lowest BCUT2D eigenvalue weighted by molar-refractivity contribution is -0.142. The molecule has 3 heterocycles. The fraction of sp³-hybridized carbons (Fsp3) is 0.500. The zero-order valence-corrected chi connectivity index (χ0v) is 18.1. The van der Waals surface area contributed by atoms with Crippen molar-refractivity contribution in [1.82, 2.24) is 25.1 Å². The molecule has 30 heavy (non-hydrogen) atoms. The van der Waals surface area contributed by atoms with Gasteiger partial charge >= 0.3 is 6.09 Å². The van der Waals surface area contributed by atoms with Crippen LogP contribution in [0.5, 0.6) is 0 Å². The van der Waals surface area contributed by atoms with Gasteiger partial charge in [0.25, 0.3) is 5.91 Å². The van der Waals surface area contributed by atoms with Crippen molar-refractivity contribution in [3.05, 3.63) is 29.6 Å². The number of anilines is 1. The van der Waals surface area contributed by atoms with Crippen molar-refractivity contribution < 1.29 is 19.2 Å². The average Bonchev–Trinajstić information content (AvgIpc) is 3.24. The Morgan fingerprint density at radius 1 is 1.43 bits per heavy atom. The van der Waals surface area contributed by atoms with Crippen LogP contribution in [-0.2, 0) is 23.2 Å². The maximum absolute atomic E-state index is 12.4. The van der Waals surface area contributed by atoms with Crippen LogP contribution in [0, 0.1) is 0 Å². The number of aromatic nitrogens is 3. The summed E-state index contributed by atoms with van der Waals surface area (Å²) >= 11 is 0. The van der Waals surface area contributed by atoms with E-state index in [1.165, 1.54) is 12.2 Å². The molecule has 2 aromatic heterocycles. The predicted octanol–water partition coefficient (Wildman–Crippen LogP) is 2.32. The molecule has 10 nitrogen and oxygen atoms in total. The SMILES string of the molecule is CON(C(=O)OC(C)(C)C)[C@H](C)CNc1cc2c(c(-c3cnn(C)c3)n1)C(=O)NC2. The van der Waals surface area contributed by atoms with Gasteiger partial charge in [0.05, 0.1) is 30.6 Å². The molecule has 0 saturated carbocycles. The molecule has 0 aliphatic carbocycles. The fourth-order valence-electron chi connectivity index (χ4n) is 3.17. The zero-order valence-electron chi connectivity index (χ0n) is 18.1. The second kappa shape index (κ2) is 8.31. The fourth-order valence-corrected chi connectivity index (χ4v) is 3.17. The topological polar surface area (TPSA) is 111 Å². The third-order valence-electron chi connectivity index (χ3n) is 4.49. The Kier molecular flexibility index (Phi) is 5.97. The highest BCUT2D eigenvalue weighted by Gasteiger charge is 2.28. The smallest absolute Gasteiger partial charge is 0.434 e. The van der Waals surface area contributed by atoms with Gasteiger partial charge in [-0.05, 0) is 39.3 Å². The molecule has 0 bridgehead atoms. The Hall–Kier alpha value is -3.14. The third-order valence-corrected chi connectivity index (χ3v) is 4.49. The lowest BCUT2D eigenvalue weighted by Crippen LogP contribution is -2.44. The van der Waals surface area contributed by atoms with E-state index in [1.807, 2.05) is 26.2 Å². The van der Waals surface area contributed by atoms with Crippen molar-refractivity contribution in [2.75, 3.05) is 19.0 Å². The van der Waals surface area contributed by atoms with E-state index < -0.39 is 11.7 Å². The lowest BCUT2D eigenvalue weighted by Gasteiger charge is -2.29. The van der Waals surface area contributed by atoms with Crippen LogP contribution in [0.1, 0.15) is 43.6 Å². The van der Waals surface area contributed by atoms with E-state index in [1.54, 1.807) is 31.6 Å². The molecular weight excluding hydrogens is 388 g/mol. The standard InChI is InChI=1S/C20H28N6O4/c1-12(26(29-6)19(28)30-20(2,3)4)8-21-15-7-13-9-22-18(27)16(13)17(24-15)14-10-23-25(5)11-14/h7,10-12H,8-9H2,1-6H3,(H,21,24)(H,22,27)/t12-/m1/s1. The first kappa shape index (κ1) is 21.6. The molecule has 0 fully saturated rings. The lowest BCUT2D eigenvalue weighted by atomic mass is 10.0. The molecule has 2 N–H and O–H groups in total. The van der Waals surface area contributed by atoms with Gasteiger partial charge < -0.3 is 15.4 Å². The molecule has 0 spiro atoms. The van der Waals surface area contributed by atoms with Gasteiger partial charge in [0, 0.05) is 31.9 Å². The van der Waals surface area contributed by atoms with E-state index in [0.717, 1.165) is 11.1 Å². The summed E-state index contributed by atoms with van der Waals surface area (Å²) in [5.41, 5.74) is 2.13. The van der Waals surface area contributed by atoms with E-state index in [4.69, 9.17) is 9.57 Å². The van der Waals surface area contributed by atoms with Crippen molar-refractivity contribution in [3.8, 4) is 11.3 Å². The first-order chi connectivity index (χ1) is 14.1. The second-order valence-corrected chi connectivity index (χ2v) is 8.19. The molecule has 162 valence electrons. The van der Waals surface area contributed by atoms with Crippen molar-refractivity contribution in [3.63, 3.8) is 0 Å². The van der Waals surface area contributed by atoms with Crippen LogP contribution in [0.2, 0.25) is 0 Å². The molecule has 2 aromatic rings. The van der Waals surface area contributed by atoms with Crippen LogP contribution in [0.3, 0.4) is 0 Å². The van der Waals surface area contributed by atoms with Crippen molar-refractivity contribution in [2.24, 2.45) is 7.05 Å². The van der Waals surface area contributed by atoms with Crippen LogP contribution in [0.4, 0.5) is 10.6 Å². The molecule has 0 unspecified atom stereocenters. The molecule has 3 rings (SSSR count). The van der Waals surface area contributed by atoms with Gasteiger partial charge in [0.15, 0.2) is 0 Å². The largest absolute Gasteiger partial charge is 0.442 e. The number of rotatable bonds is 6. The van der Waals surface area contributed by atoms with Crippen LogP contribution in [0.25, 0.3) is 11.3 Å². The zero-order chi connectivity index (χ0) is 22.1. The molecular formula is C20H28N6O4. The minimum absolute atomic E-state index is 0.147. The predicted molar refractivity (Wildman–Crippen MR) is 111 cm³/mol. The van der Waals surface area contributed by atoms with E-state index in [0.29, 0.717) is 30.2 Å². The number of nitrogens with one attached hydrogen (secondary N) is 2. The number of amides is 2. The summed E-state index contributed by atoms with van der Waals surface area (Å²) in [4.78, 5) is 34.5. The minimum Gasteiger partial charge on any atom is -0.442 e. The number of carbonyl (C=O) groups is 2. The average molecular weight is 416 g/mol. The summed E-state index contributed by atoms with van der Waals surface area (Å²) in [6, 6.07) is 1.51. The number of nitrogens with zero attached hydrogens (tertiary/aromatic N) is 4. The van der Waals surface area contributed by atoms with Gasteiger partial charge in [-0.1, -0.05) is 0 Å². The number of ether oxygens (including phenoxy) is 1. The van der Waals surface area contributed by atoms with Gasteiger partial charge in [-0.15, -0.1) is 0 Å². The molecule has 1 aliphatic rings. The second-order valence-electron chi connectivity index (χ2n) is 8.19. The first-order valence-corrected chi connectivity index (χ1v) is 9.70.